The highest BCUT2D eigenvalue weighted by atomic mass is 16.1. The number of aryl methyl sites for hydroxylation is 1. The van der Waals surface area contributed by atoms with Crippen LogP contribution in [-0.2, 0) is 6.54 Å². The van der Waals surface area contributed by atoms with Crippen LogP contribution in [0.5, 0.6) is 0 Å². The number of carbonyl (C=O) groups excluding carboxylic acids is 1. The zero-order chi connectivity index (χ0) is 21.8. The van der Waals surface area contributed by atoms with Gasteiger partial charge in [0.15, 0.2) is 0 Å². The Hall–Kier alpha value is -2.99. The molecule has 1 aromatic heterocycles. The second-order valence-electron chi connectivity index (χ2n) is 8.41. The summed E-state index contributed by atoms with van der Waals surface area (Å²) in [5, 5.41) is 3.04. The summed E-state index contributed by atoms with van der Waals surface area (Å²) in [5.41, 5.74) is 3.33. The lowest BCUT2D eigenvalue weighted by Crippen LogP contribution is -2.42. The molecule has 162 valence electrons. The summed E-state index contributed by atoms with van der Waals surface area (Å²) in [6.07, 6.45) is 3.76. The molecule has 1 aliphatic rings. The number of hydrogen-bond donors (Lipinski definition) is 1. The summed E-state index contributed by atoms with van der Waals surface area (Å²) in [4.78, 5) is 32.4. The van der Waals surface area contributed by atoms with Crippen molar-refractivity contribution < 1.29 is 4.79 Å². The average molecular weight is 419 g/mol. The number of amides is 1. The molecule has 2 aromatic carbocycles. The molecule has 0 saturated carbocycles. The largest absolute Gasteiger partial charge is 0.351 e. The molecule has 0 bridgehead atoms. The quantitative estimate of drug-likeness (QED) is 0.667. The fraction of sp³-hybridized carbons (Fsp3) is 0.400. The standard InChI is InChI=1S/C25H30N4O2/c1-18-8-6-7-14-28(18)15-13-26-24(30)21-11-12-23-22(16-21)27-19(2)25(31)29(23)17-20-9-4-3-5-10-20/h3-5,9-12,16,18H,6-8,13-15,17H2,1-2H3,(H,26,30). The van der Waals surface area contributed by atoms with Crippen LogP contribution in [0.15, 0.2) is 53.3 Å². The van der Waals surface area contributed by atoms with Crippen LogP contribution in [0.25, 0.3) is 11.0 Å². The van der Waals surface area contributed by atoms with Crippen LogP contribution in [0.1, 0.15) is 47.8 Å². The second kappa shape index (κ2) is 9.43. The van der Waals surface area contributed by atoms with Gasteiger partial charge in [-0.3, -0.25) is 14.5 Å². The van der Waals surface area contributed by atoms with E-state index in [0.29, 0.717) is 35.9 Å². The summed E-state index contributed by atoms with van der Waals surface area (Å²) in [5.74, 6) is -0.105. The molecule has 0 aliphatic carbocycles. The number of aromatic nitrogens is 2. The summed E-state index contributed by atoms with van der Waals surface area (Å²) < 4.78 is 1.73. The van der Waals surface area contributed by atoms with Crippen LogP contribution in [0, 0.1) is 6.92 Å². The minimum Gasteiger partial charge on any atom is -0.351 e. The van der Waals surface area contributed by atoms with Gasteiger partial charge in [-0.25, -0.2) is 4.98 Å². The lowest BCUT2D eigenvalue weighted by molar-refractivity contribution is 0.0938. The van der Waals surface area contributed by atoms with E-state index in [-0.39, 0.29) is 11.5 Å². The number of carbonyl (C=O) groups is 1. The molecule has 1 aliphatic heterocycles. The van der Waals surface area contributed by atoms with Gasteiger partial charge in [-0.15, -0.1) is 0 Å². The molecule has 4 rings (SSSR count). The normalized spacial score (nSPS) is 17.0. The van der Waals surface area contributed by atoms with Crippen LogP contribution in [-0.4, -0.2) is 46.0 Å². The van der Waals surface area contributed by atoms with Crippen molar-refractivity contribution in [2.45, 2.75) is 45.7 Å². The maximum absolute atomic E-state index is 12.7. The van der Waals surface area contributed by atoms with E-state index in [2.05, 4.69) is 22.1 Å². The zero-order valence-corrected chi connectivity index (χ0v) is 18.3. The first-order chi connectivity index (χ1) is 15.0. The van der Waals surface area contributed by atoms with E-state index in [0.717, 1.165) is 24.2 Å². The monoisotopic (exact) mass is 418 g/mol. The lowest BCUT2D eigenvalue weighted by atomic mass is 10.0. The second-order valence-corrected chi connectivity index (χ2v) is 8.41. The first-order valence-electron chi connectivity index (χ1n) is 11.1. The van der Waals surface area contributed by atoms with E-state index < -0.39 is 0 Å². The first-order valence-corrected chi connectivity index (χ1v) is 11.1. The van der Waals surface area contributed by atoms with Crippen LogP contribution in [0.3, 0.4) is 0 Å². The van der Waals surface area contributed by atoms with Gasteiger partial charge in [0.2, 0.25) is 0 Å². The van der Waals surface area contributed by atoms with Crippen LogP contribution in [0.2, 0.25) is 0 Å². The SMILES string of the molecule is Cc1nc2cc(C(=O)NCCN3CCCCC3C)ccc2n(Cc2ccccc2)c1=O. The van der Waals surface area contributed by atoms with E-state index >= 15 is 0 Å². The summed E-state index contributed by atoms with van der Waals surface area (Å²) in [7, 11) is 0. The van der Waals surface area contributed by atoms with E-state index in [1.807, 2.05) is 36.4 Å². The third-order valence-electron chi connectivity index (χ3n) is 6.18. The van der Waals surface area contributed by atoms with E-state index in [1.54, 1.807) is 23.6 Å². The molecular formula is C25H30N4O2. The fourth-order valence-corrected chi connectivity index (χ4v) is 4.34. The molecule has 1 saturated heterocycles. The number of benzene rings is 2. The topological polar surface area (TPSA) is 67.2 Å². The van der Waals surface area contributed by atoms with Gasteiger partial charge in [-0.1, -0.05) is 36.8 Å². The summed E-state index contributed by atoms with van der Waals surface area (Å²) in [6, 6.07) is 15.8. The number of fused-ring (bicyclic) bond motifs is 1. The Labute approximate surface area is 182 Å². The maximum Gasteiger partial charge on any atom is 0.272 e. The van der Waals surface area contributed by atoms with Crippen LogP contribution >= 0.6 is 0 Å². The smallest absolute Gasteiger partial charge is 0.272 e. The van der Waals surface area contributed by atoms with Crippen LogP contribution in [0.4, 0.5) is 0 Å². The highest BCUT2D eigenvalue weighted by Gasteiger charge is 2.18. The van der Waals surface area contributed by atoms with Crippen LogP contribution < -0.4 is 10.9 Å². The molecule has 6 heteroatoms. The number of likely N-dealkylation sites (tertiary alicyclic amines) is 1. The maximum atomic E-state index is 12.7. The molecule has 1 fully saturated rings. The molecule has 6 nitrogen and oxygen atoms in total. The van der Waals surface area contributed by atoms with Gasteiger partial charge in [0, 0.05) is 24.7 Å². The third kappa shape index (κ3) is 4.85. The van der Waals surface area contributed by atoms with Crippen molar-refractivity contribution in [3.05, 3.63) is 75.7 Å². The zero-order valence-electron chi connectivity index (χ0n) is 18.3. The summed E-state index contributed by atoms with van der Waals surface area (Å²) in [6.45, 7) is 7.05. The van der Waals surface area contributed by atoms with Crippen molar-refractivity contribution in [2.75, 3.05) is 19.6 Å². The Morgan fingerprint density at radius 3 is 2.74 bits per heavy atom. The van der Waals surface area contributed by atoms with Crippen molar-refractivity contribution in [2.24, 2.45) is 0 Å². The Kier molecular flexibility index (Phi) is 6.47. The van der Waals surface area contributed by atoms with Crippen molar-refractivity contribution in [3.63, 3.8) is 0 Å². The number of piperidine rings is 1. The van der Waals surface area contributed by atoms with E-state index in [9.17, 15) is 9.59 Å². The highest BCUT2D eigenvalue weighted by molar-refractivity contribution is 5.97. The summed E-state index contributed by atoms with van der Waals surface area (Å²) >= 11 is 0. The molecule has 1 N–H and O–H groups in total. The molecule has 2 heterocycles. The highest BCUT2D eigenvalue weighted by Crippen LogP contribution is 2.16. The number of rotatable bonds is 6. The minimum atomic E-state index is -0.107. The number of nitrogens with one attached hydrogen (secondary N) is 1. The van der Waals surface area contributed by atoms with Gasteiger partial charge >= 0.3 is 0 Å². The first kappa shape index (κ1) is 21.2. The predicted octanol–water partition coefficient (Wildman–Crippen LogP) is 3.36. The van der Waals surface area contributed by atoms with Crippen molar-refractivity contribution in [1.82, 2.24) is 19.8 Å². The molecule has 31 heavy (non-hydrogen) atoms. The van der Waals surface area contributed by atoms with Crippen molar-refractivity contribution in [3.8, 4) is 0 Å². The van der Waals surface area contributed by atoms with Gasteiger partial charge in [0.05, 0.1) is 17.6 Å². The predicted molar refractivity (Wildman–Crippen MR) is 124 cm³/mol. The van der Waals surface area contributed by atoms with Gasteiger partial charge in [-0.2, -0.15) is 0 Å². The number of hydrogen-bond acceptors (Lipinski definition) is 4. The molecular weight excluding hydrogens is 388 g/mol. The molecule has 0 radical (unpaired) electrons. The molecule has 3 aromatic rings. The van der Waals surface area contributed by atoms with Gasteiger partial charge in [0.1, 0.15) is 5.69 Å². The third-order valence-corrected chi connectivity index (χ3v) is 6.18. The van der Waals surface area contributed by atoms with Crippen molar-refractivity contribution in [1.29, 1.82) is 0 Å². The Morgan fingerprint density at radius 1 is 1.16 bits per heavy atom. The van der Waals surface area contributed by atoms with Crippen molar-refractivity contribution >= 4 is 16.9 Å². The van der Waals surface area contributed by atoms with Gasteiger partial charge in [0.25, 0.3) is 11.5 Å². The number of nitrogens with zero attached hydrogens (tertiary/aromatic N) is 3. The van der Waals surface area contributed by atoms with E-state index in [1.165, 1.54) is 19.3 Å². The molecule has 1 atom stereocenters. The fourth-order valence-electron chi connectivity index (χ4n) is 4.34. The Morgan fingerprint density at radius 2 is 1.97 bits per heavy atom. The van der Waals surface area contributed by atoms with Gasteiger partial charge < -0.3 is 9.88 Å². The molecule has 0 spiro atoms. The van der Waals surface area contributed by atoms with E-state index in [4.69, 9.17) is 0 Å². The molecule has 1 unspecified atom stereocenters. The average Bonchev–Trinajstić information content (AvgIpc) is 2.78. The lowest BCUT2D eigenvalue weighted by Gasteiger charge is -2.33. The Balaban J connectivity index is 1.51. The Bertz CT molecular complexity index is 1120. The molecule has 1 amide bonds. The van der Waals surface area contributed by atoms with Gasteiger partial charge in [-0.05, 0) is 57.0 Å². The minimum absolute atomic E-state index is 0.105.